The van der Waals surface area contributed by atoms with Gasteiger partial charge >= 0.3 is 0 Å². The Morgan fingerprint density at radius 2 is 2.06 bits per heavy atom. The summed E-state index contributed by atoms with van der Waals surface area (Å²) >= 11 is 0. The molecule has 0 aliphatic carbocycles. The Bertz CT molecular complexity index is 482. The molecule has 0 aliphatic rings. The summed E-state index contributed by atoms with van der Waals surface area (Å²) in [5, 5.41) is 13.2. The van der Waals surface area contributed by atoms with E-state index in [0.29, 0.717) is 0 Å². The van der Waals surface area contributed by atoms with Crippen LogP contribution < -0.4 is 5.32 Å². The van der Waals surface area contributed by atoms with Gasteiger partial charge in [0.15, 0.2) is 5.78 Å². The van der Waals surface area contributed by atoms with Gasteiger partial charge in [0, 0.05) is 25.0 Å². The third kappa shape index (κ3) is 3.10. The summed E-state index contributed by atoms with van der Waals surface area (Å²) in [5.41, 5.74) is 0.0861. The molecule has 6 heteroatoms. The van der Waals surface area contributed by atoms with Crippen LogP contribution in [-0.2, 0) is 4.79 Å². The summed E-state index contributed by atoms with van der Waals surface area (Å²) < 4.78 is 0. The van der Waals surface area contributed by atoms with Gasteiger partial charge in [0.2, 0.25) is 5.91 Å². The monoisotopic (exact) mass is 236 g/mol. The quantitative estimate of drug-likeness (QED) is 0.492. The Morgan fingerprint density at radius 1 is 1.41 bits per heavy atom. The van der Waals surface area contributed by atoms with E-state index in [1.807, 2.05) is 0 Å². The Hall–Kier alpha value is -2.24. The van der Waals surface area contributed by atoms with Crippen LogP contribution in [0.1, 0.15) is 30.6 Å². The van der Waals surface area contributed by atoms with E-state index in [1.54, 1.807) is 6.92 Å². The maximum atomic E-state index is 11.4. The van der Waals surface area contributed by atoms with Crippen LogP contribution in [0.15, 0.2) is 18.2 Å². The lowest BCUT2D eigenvalue weighted by atomic mass is 10.1. The van der Waals surface area contributed by atoms with Crippen LogP contribution in [0.25, 0.3) is 0 Å². The summed E-state index contributed by atoms with van der Waals surface area (Å²) in [6, 6.07) is 4.00. The lowest BCUT2D eigenvalue weighted by Crippen LogP contribution is -2.09. The van der Waals surface area contributed by atoms with Crippen molar-refractivity contribution in [2.24, 2.45) is 0 Å². The second-order valence-electron chi connectivity index (χ2n) is 3.45. The van der Waals surface area contributed by atoms with Crippen molar-refractivity contribution in [3.05, 3.63) is 33.9 Å². The number of nitro groups is 1. The molecule has 1 N–H and O–H groups in total. The van der Waals surface area contributed by atoms with Crippen LogP contribution in [-0.4, -0.2) is 16.6 Å². The van der Waals surface area contributed by atoms with E-state index in [9.17, 15) is 19.7 Å². The molecule has 17 heavy (non-hydrogen) atoms. The fourth-order valence-electron chi connectivity index (χ4n) is 1.36. The average molecular weight is 236 g/mol. The molecule has 1 amide bonds. The number of anilines is 1. The van der Waals surface area contributed by atoms with Crippen molar-refractivity contribution in [1.29, 1.82) is 0 Å². The molecule has 1 rings (SSSR count). The van der Waals surface area contributed by atoms with Gasteiger partial charge in [0.25, 0.3) is 5.69 Å². The van der Waals surface area contributed by atoms with E-state index in [0.717, 1.165) is 0 Å². The normalized spacial score (nSPS) is 9.76. The second-order valence-corrected chi connectivity index (χ2v) is 3.45. The van der Waals surface area contributed by atoms with Crippen molar-refractivity contribution in [3.63, 3.8) is 0 Å². The highest BCUT2D eigenvalue weighted by Crippen LogP contribution is 2.26. The zero-order valence-electron chi connectivity index (χ0n) is 9.52. The molecule has 90 valence electrons. The summed E-state index contributed by atoms with van der Waals surface area (Å²) in [5.74, 6) is -0.579. The summed E-state index contributed by atoms with van der Waals surface area (Å²) in [6.45, 7) is 2.94. The molecule has 0 spiro atoms. The fraction of sp³-hybridized carbons (Fsp3) is 0.273. The highest BCUT2D eigenvalue weighted by molar-refractivity contribution is 5.98. The summed E-state index contributed by atoms with van der Waals surface area (Å²) in [4.78, 5) is 32.5. The van der Waals surface area contributed by atoms with Crippen molar-refractivity contribution in [1.82, 2.24) is 0 Å². The number of carbonyl (C=O) groups excluding carboxylic acids is 2. The highest BCUT2D eigenvalue weighted by atomic mass is 16.6. The van der Waals surface area contributed by atoms with Gasteiger partial charge in [-0.15, -0.1) is 0 Å². The first-order chi connectivity index (χ1) is 7.95. The highest BCUT2D eigenvalue weighted by Gasteiger charge is 2.17. The molecule has 6 nitrogen and oxygen atoms in total. The molecule has 0 radical (unpaired) electrons. The minimum absolute atomic E-state index is 0.0927. The van der Waals surface area contributed by atoms with Crippen molar-refractivity contribution in [2.75, 3.05) is 5.32 Å². The van der Waals surface area contributed by atoms with E-state index in [4.69, 9.17) is 0 Å². The molecule has 0 bridgehead atoms. The van der Waals surface area contributed by atoms with Crippen LogP contribution in [0, 0.1) is 10.1 Å². The maximum absolute atomic E-state index is 11.4. The average Bonchev–Trinajstić information content (AvgIpc) is 2.27. The lowest BCUT2D eigenvalue weighted by molar-refractivity contribution is -0.384. The minimum atomic E-state index is -0.627. The number of carbonyl (C=O) groups is 2. The Labute approximate surface area is 97.8 Å². The van der Waals surface area contributed by atoms with E-state index in [-0.39, 0.29) is 29.1 Å². The molecular formula is C11H12N2O4. The van der Waals surface area contributed by atoms with Crippen LogP contribution in [0.5, 0.6) is 0 Å². The van der Waals surface area contributed by atoms with Gasteiger partial charge in [-0.1, -0.05) is 6.92 Å². The smallest absolute Gasteiger partial charge is 0.293 e. The molecule has 0 unspecified atom stereocenters. The first-order valence-electron chi connectivity index (χ1n) is 5.05. The predicted octanol–water partition coefficient (Wildman–Crippen LogP) is 2.15. The molecule has 1 aromatic carbocycles. The fourth-order valence-corrected chi connectivity index (χ4v) is 1.36. The third-order valence-electron chi connectivity index (χ3n) is 2.15. The first kappa shape index (κ1) is 12.8. The van der Waals surface area contributed by atoms with Gasteiger partial charge in [-0.3, -0.25) is 19.7 Å². The number of nitro benzene ring substituents is 1. The number of rotatable bonds is 4. The number of Topliss-reactive ketones (excluding diaryl/α,β-unsaturated/α-hetero) is 1. The largest absolute Gasteiger partial charge is 0.321 e. The number of hydrogen-bond acceptors (Lipinski definition) is 4. The number of nitrogens with one attached hydrogen (secondary N) is 1. The van der Waals surface area contributed by atoms with Crippen molar-refractivity contribution < 1.29 is 14.5 Å². The Kier molecular flexibility index (Phi) is 3.92. The third-order valence-corrected chi connectivity index (χ3v) is 2.15. The molecule has 1 aromatic rings. The minimum Gasteiger partial charge on any atom is -0.321 e. The van der Waals surface area contributed by atoms with E-state index in [2.05, 4.69) is 5.32 Å². The second kappa shape index (κ2) is 5.20. The number of nitrogens with zero attached hydrogens (tertiary/aromatic N) is 1. The first-order valence-corrected chi connectivity index (χ1v) is 5.05. The topological polar surface area (TPSA) is 89.3 Å². The van der Waals surface area contributed by atoms with Crippen molar-refractivity contribution in [3.8, 4) is 0 Å². The number of ketones is 1. The molecule has 0 aliphatic heterocycles. The van der Waals surface area contributed by atoms with Gasteiger partial charge in [0.1, 0.15) is 5.69 Å². The lowest BCUT2D eigenvalue weighted by Gasteiger charge is -2.05. The SMILES string of the molecule is CCC(=O)c1ccc(NC(C)=O)c([N+](=O)[O-])c1. The van der Waals surface area contributed by atoms with Crippen LogP contribution in [0.3, 0.4) is 0 Å². The zero-order chi connectivity index (χ0) is 13.0. The van der Waals surface area contributed by atoms with Crippen LogP contribution in [0.4, 0.5) is 11.4 Å². The van der Waals surface area contributed by atoms with E-state index < -0.39 is 10.8 Å². The Balaban J connectivity index is 3.21. The predicted molar refractivity (Wildman–Crippen MR) is 62.0 cm³/mol. The van der Waals surface area contributed by atoms with Gasteiger partial charge in [0.05, 0.1) is 4.92 Å². The maximum Gasteiger partial charge on any atom is 0.293 e. The number of amides is 1. The van der Waals surface area contributed by atoms with E-state index >= 15 is 0 Å². The molecule has 0 saturated heterocycles. The molecular weight excluding hydrogens is 224 g/mol. The van der Waals surface area contributed by atoms with Gasteiger partial charge in [-0.05, 0) is 12.1 Å². The zero-order valence-corrected chi connectivity index (χ0v) is 9.52. The van der Waals surface area contributed by atoms with E-state index in [1.165, 1.54) is 25.1 Å². The standard InChI is InChI=1S/C11H12N2O4/c1-3-11(15)8-4-5-9(12-7(2)14)10(6-8)13(16)17/h4-6H,3H2,1-2H3,(H,12,14). The Morgan fingerprint density at radius 3 is 2.53 bits per heavy atom. The molecule has 0 saturated carbocycles. The molecule has 0 atom stereocenters. The molecule has 0 fully saturated rings. The van der Waals surface area contributed by atoms with Crippen LogP contribution >= 0.6 is 0 Å². The summed E-state index contributed by atoms with van der Waals surface area (Å²) in [7, 11) is 0. The van der Waals surface area contributed by atoms with Crippen molar-refractivity contribution in [2.45, 2.75) is 20.3 Å². The molecule has 0 aromatic heterocycles. The van der Waals surface area contributed by atoms with Gasteiger partial charge < -0.3 is 5.32 Å². The molecule has 0 heterocycles. The number of benzene rings is 1. The van der Waals surface area contributed by atoms with Gasteiger partial charge in [-0.2, -0.15) is 0 Å². The van der Waals surface area contributed by atoms with Crippen molar-refractivity contribution >= 4 is 23.1 Å². The number of hydrogen-bond donors (Lipinski definition) is 1. The van der Waals surface area contributed by atoms with Gasteiger partial charge in [-0.25, -0.2) is 0 Å². The summed E-state index contributed by atoms with van der Waals surface area (Å²) in [6.07, 6.45) is 0.274. The van der Waals surface area contributed by atoms with Crippen LogP contribution in [0.2, 0.25) is 0 Å².